The molecular formula is C25H24ClN3O5. The predicted octanol–water partition coefficient (Wildman–Crippen LogP) is 4.04. The van der Waals surface area contributed by atoms with Gasteiger partial charge in [0.15, 0.2) is 18.1 Å². The lowest BCUT2D eigenvalue weighted by Crippen LogP contribution is -2.26. The van der Waals surface area contributed by atoms with Gasteiger partial charge in [-0.3, -0.25) is 4.79 Å². The fourth-order valence-electron chi connectivity index (χ4n) is 3.36. The molecule has 0 aliphatic rings. The number of hydrogen-bond donors (Lipinski definition) is 2. The van der Waals surface area contributed by atoms with Gasteiger partial charge in [0.1, 0.15) is 11.6 Å². The van der Waals surface area contributed by atoms with Gasteiger partial charge in [-0.1, -0.05) is 29.8 Å². The van der Waals surface area contributed by atoms with Crippen LogP contribution >= 0.6 is 11.6 Å². The van der Waals surface area contributed by atoms with Gasteiger partial charge in [-0.05, 0) is 48.7 Å². The fourth-order valence-corrected chi connectivity index (χ4v) is 3.63. The van der Waals surface area contributed by atoms with Crippen molar-refractivity contribution in [1.29, 1.82) is 5.26 Å². The van der Waals surface area contributed by atoms with Crippen LogP contribution in [0.3, 0.4) is 0 Å². The van der Waals surface area contributed by atoms with Crippen molar-refractivity contribution < 1.29 is 23.8 Å². The summed E-state index contributed by atoms with van der Waals surface area (Å²) in [5.41, 5.74) is 2.49. The molecule has 2 aromatic carbocycles. The molecule has 1 aromatic heterocycles. The smallest absolute Gasteiger partial charge is 0.344 e. The van der Waals surface area contributed by atoms with Crippen LogP contribution in [0.2, 0.25) is 5.02 Å². The quantitative estimate of drug-likeness (QED) is 0.257. The van der Waals surface area contributed by atoms with Crippen LogP contribution in [-0.2, 0) is 20.7 Å². The van der Waals surface area contributed by atoms with E-state index in [9.17, 15) is 14.9 Å². The molecule has 1 amide bonds. The van der Waals surface area contributed by atoms with Crippen LogP contribution in [0.5, 0.6) is 11.5 Å². The lowest BCUT2D eigenvalue weighted by atomic mass is 10.1. The van der Waals surface area contributed by atoms with E-state index in [1.54, 1.807) is 13.0 Å². The number of aromatic amines is 1. The highest BCUT2D eigenvalue weighted by Gasteiger charge is 2.16. The molecule has 0 fully saturated rings. The Morgan fingerprint density at radius 3 is 2.79 bits per heavy atom. The van der Waals surface area contributed by atoms with Crippen LogP contribution in [0.4, 0.5) is 0 Å². The van der Waals surface area contributed by atoms with Crippen molar-refractivity contribution in [3.63, 3.8) is 0 Å². The van der Waals surface area contributed by atoms with Crippen LogP contribution in [0.1, 0.15) is 18.1 Å². The molecule has 3 aromatic rings. The molecular weight excluding hydrogens is 458 g/mol. The highest BCUT2D eigenvalue weighted by atomic mass is 35.5. The van der Waals surface area contributed by atoms with Crippen LogP contribution in [0.25, 0.3) is 17.0 Å². The molecule has 0 bridgehead atoms. The zero-order valence-electron chi connectivity index (χ0n) is 18.8. The van der Waals surface area contributed by atoms with Crippen LogP contribution in [0, 0.1) is 11.3 Å². The first kappa shape index (κ1) is 24.7. The van der Waals surface area contributed by atoms with Crippen molar-refractivity contribution in [2.24, 2.45) is 0 Å². The van der Waals surface area contributed by atoms with E-state index in [1.165, 1.54) is 19.3 Å². The number of hydrogen-bond acceptors (Lipinski definition) is 6. The number of benzene rings is 2. The van der Waals surface area contributed by atoms with E-state index in [-0.39, 0.29) is 35.3 Å². The van der Waals surface area contributed by atoms with Gasteiger partial charge in [0.05, 0.1) is 18.7 Å². The van der Waals surface area contributed by atoms with Crippen molar-refractivity contribution >= 4 is 40.5 Å². The third kappa shape index (κ3) is 6.09. The summed E-state index contributed by atoms with van der Waals surface area (Å²) < 4.78 is 15.6. The van der Waals surface area contributed by atoms with E-state index in [0.29, 0.717) is 18.5 Å². The van der Waals surface area contributed by atoms with Gasteiger partial charge >= 0.3 is 5.97 Å². The number of halogens is 1. The molecule has 0 spiro atoms. The number of nitriles is 1. The standard InChI is InChI=1S/C25H24ClN3O5/c1-3-33-23(30)15-34-24-20(26)11-16(12-22(24)32-2)10-18(13-27)25(31)28-9-8-17-14-29-21-7-5-4-6-19(17)21/h4-7,10-12,14,29H,3,8-9,15H2,1-2H3,(H,28,31)/b18-10-. The van der Waals surface area contributed by atoms with Gasteiger partial charge in [0.2, 0.25) is 0 Å². The number of amides is 1. The number of aromatic nitrogens is 1. The number of nitrogens with one attached hydrogen (secondary N) is 2. The first-order valence-electron chi connectivity index (χ1n) is 10.6. The zero-order valence-corrected chi connectivity index (χ0v) is 19.6. The third-order valence-electron chi connectivity index (χ3n) is 4.92. The third-order valence-corrected chi connectivity index (χ3v) is 5.20. The van der Waals surface area contributed by atoms with Gasteiger partial charge in [-0.15, -0.1) is 0 Å². The second-order valence-electron chi connectivity index (χ2n) is 7.16. The SMILES string of the molecule is CCOC(=O)COc1c(Cl)cc(/C=C(/C#N)C(=O)NCCc2c[nH]c3ccccc23)cc1OC. The number of para-hydroxylation sites is 1. The molecule has 0 radical (unpaired) electrons. The van der Waals surface area contributed by atoms with Crippen molar-refractivity contribution in [2.45, 2.75) is 13.3 Å². The van der Waals surface area contributed by atoms with E-state index < -0.39 is 11.9 Å². The Hall–Kier alpha value is -3.96. The van der Waals surface area contributed by atoms with E-state index in [2.05, 4.69) is 10.3 Å². The normalized spacial score (nSPS) is 11.1. The summed E-state index contributed by atoms with van der Waals surface area (Å²) in [7, 11) is 1.42. The maximum atomic E-state index is 12.6. The maximum absolute atomic E-state index is 12.6. The number of H-pyrrole nitrogens is 1. The van der Waals surface area contributed by atoms with E-state index in [1.807, 2.05) is 36.5 Å². The molecule has 34 heavy (non-hydrogen) atoms. The molecule has 1 heterocycles. The number of fused-ring (bicyclic) bond motifs is 1. The zero-order chi connectivity index (χ0) is 24.5. The minimum absolute atomic E-state index is 0.0859. The summed E-state index contributed by atoms with van der Waals surface area (Å²) in [5.74, 6) is -0.628. The topological polar surface area (TPSA) is 113 Å². The number of carbonyl (C=O) groups is 2. The van der Waals surface area contributed by atoms with Gasteiger partial charge in [0.25, 0.3) is 5.91 Å². The van der Waals surface area contributed by atoms with Crippen LogP contribution in [0.15, 0.2) is 48.2 Å². The Kier molecular flexibility index (Phi) is 8.54. The van der Waals surface area contributed by atoms with Crippen molar-refractivity contribution in [2.75, 3.05) is 26.9 Å². The van der Waals surface area contributed by atoms with Crippen molar-refractivity contribution in [3.05, 3.63) is 64.3 Å². The molecule has 176 valence electrons. The number of ether oxygens (including phenoxy) is 3. The molecule has 0 unspecified atom stereocenters. The van der Waals surface area contributed by atoms with E-state index in [0.717, 1.165) is 16.5 Å². The number of esters is 1. The van der Waals surface area contributed by atoms with Crippen molar-refractivity contribution in [3.8, 4) is 17.6 Å². The Morgan fingerprint density at radius 1 is 1.26 bits per heavy atom. The van der Waals surface area contributed by atoms with E-state index in [4.69, 9.17) is 25.8 Å². The molecule has 9 heteroatoms. The average Bonchev–Trinajstić information content (AvgIpc) is 3.24. The minimum atomic E-state index is -0.541. The predicted molar refractivity (Wildman–Crippen MR) is 129 cm³/mol. The molecule has 3 rings (SSSR count). The molecule has 0 saturated carbocycles. The number of carbonyl (C=O) groups excluding carboxylic acids is 2. The fraction of sp³-hybridized carbons (Fsp3) is 0.240. The minimum Gasteiger partial charge on any atom is -0.493 e. The van der Waals surface area contributed by atoms with Gasteiger partial charge in [0, 0.05) is 23.6 Å². The maximum Gasteiger partial charge on any atom is 0.344 e. The van der Waals surface area contributed by atoms with Crippen molar-refractivity contribution in [1.82, 2.24) is 10.3 Å². The molecule has 0 saturated heterocycles. The second kappa shape index (κ2) is 11.8. The Balaban J connectivity index is 1.68. The Labute approximate surface area is 202 Å². The van der Waals surface area contributed by atoms with Gasteiger partial charge in [-0.2, -0.15) is 5.26 Å². The van der Waals surface area contributed by atoms with Crippen LogP contribution < -0.4 is 14.8 Å². The first-order valence-corrected chi connectivity index (χ1v) is 11.0. The van der Waals surface area contributed by atoms with Gasteiger partial charge in [-0.25, -0.2) is 4.79 Å². The highest BCUT2D eigenvalue weighted by Crippen LogP contribution is 2.37. The molecule has 0 aliphatic heterocycles. The molecule has 0 aliphatic carbocycles. The molecule has 8 nitrogen and oxygen atoms in total. The summed E-state index contributed by atoms with van der Waals surface area (Å²) >= 11 is 6.30. The summed E-state index contributed by atoms with van der Waals surface area (Å²) in [6, 6.07) is 12.9. The number of methoxy groups -OCH3 is 1. The molecule has 2 N–H and O–H groups in total. The average molecular weight is 482 g/mol. The lowest BCUT2D eigenvalue weighted by molar-refractivity contribution is -0.145. The monoisotopic (exact) mass is 481 g/mol. The van der Waals surface area contributed by atoms with E-state index >= 15 is 0 Å². The summed E-state index contributed by atoms with van der Waals surface area (Å²) in [6.07, 6.45) is 3.93. The van der Waals surface area contributed by atoms with Crippen LogP contribution in [-0.4, -0.2) is 43.7 Å². The first-order chi connectivity index (χ1) is 16.5. The number of nitrogens with zero attached hydrogens (tertiary/aromatic N) is 1. The number of rotatable bonds is 10. The Bertz CT molecular complexity index is 1260. The lowest BCUT2D eigenvalue weighted by Gasteiger charge is -2.13. The van der Waals surface area contributed by atoms with Gasteiger partial charge < -0.3 is 24.5 Å². The largest absolute Gasteiger partial charge is 0.493 e. The highest BCUT2D eigenvalue weighted by molar-refractivity contribution is 6.32. The summed E-state index contributed by atoms with van der Waals surface area (Å²) in [4.78, 5) is 27.3. The second-order valence-corrected chi connectivity index (χ2v) is 7.57. The summed E-state index contributed by atoms with van der Waals surface area (Å²) in [5, 5.41) is 13.5. The molecule has 0 atom stereocenters. The summed E-state index contributed by atoms with van der Waals surface area (Å²) in [6.45, 7) is 1.96. The Morgan fingerprint density at radius 2 is 2.06 bits per heavy atom.